The molecule has 4 heterocycles. The second-order valence-electron chi connectivity index (χ2n) is 7.29. The van der Waals surface area contributed by atoms with Crippen molar-refractivity contribution in [3.05, 3.63) is 23.5 Å². The van der Waals surface area contributed by atoms with E-state index in [2.05, 4.69) is 4.98 Å². The van der Waals surface area contributed by atoms with Crippen molar-refractivity contribution in [2.24, 2.45) is 11.8 Å². The highest BCUT2D eigenvalue weighted by Gasteiger charge is 2.76. The smallest absolute Gasteiger partial charge is 0.359 e. The average Bonchev–Trinajstić information content (AvgIpc) is 3.07. The lowest BCUT2D eigenvalue weighted by atomic mass is 9.68. The van der Waals surface area contributed by atoms with Crippen LogP contribution in [0.5, 0.6) is 0 Å². The van der Waals surface area contributed by atoms with E-state index in [0.717, 1.165) is 6.20 Å². The highest BCUT2D eigenvalue weighted by atomic mass is 19.4. The van der Waals surface area contributed by atoms with E-state index in [1.807, 2.05) is 0 Å². The minimum absolute atomic E-state index is 0.0447. The zero-order valence-electron chi connectivity index (χ0n) is 14.1. The fourth-order valence-corrected chi connectivity index (χ4v) is 4.46. The molecule has 0 aromatic carbocycles. The van der Waals surface area contributed by atoms with Crippen molar-refractivity contribution < 1.29 is 32.3 Å². The molecular formula is C17H12F3N3O4. The van der Waals surface area contributed by atoms with Gasteiger partial charge >= 0.3 is 6.18 Å². The van der Waals surface area contributed by atoms with Crippen LogP contribution in [-0.4, -0.2) is 33.8 Å². The maximum atomic E-state index is 13.2. The molecule has 27 heavy (non-hydrogen) atoms. The molecule has 3 saturated heterocycles. The highest BCUT2D eigenvalue weighted by Crippen LogP contribution is 2.59. The number of ether oxygens (including phenoxy) is 1. The number of fused-ring (bicyclic) bond motifs is 5. The number of hydrogen-bond donors (Lipinski definition) is 0. The number of halogens is 3. The number of aromatic nitrogens is 1. The Kier molecular flexibility index (Phi) is 3.21. The van der Waals surface area contributed by atoms with E-state index < -0.39 is 52.3 Å². The van der Waals surface area contributed by atoms with Gasteiger partial charge in [0, 0.05) is 6.42 Å². The molecule has 4 atom stereocenters. The van der Waals surface area contributed by atoms with Gasteiger partial charge in [-0.15, -0.1) is 0 Å². The van der Waals surface area contributed by atoms with Gasteiger partial charge in [0.2, 0.25) is 11.8 Å². The van der Waals surface area contributed by atoms with Crippen LogP contribution < -0.4 is 4.90 Å². The number of carbonyl (C=O) groups is 3. The molecular weight excluding hydrogens is 367 g/mol. The van der Waals surface area contributed by atoms with E-state index in [1.54, 1.807) is 6.92 Å². The molecule has 0 saturated carbocycles. The number of alkyl halides is 3. The van der Waals surface area contributed by atoms with E-state index >= 15 is 0 Å². The van der Waals surface area contributed by atoms with Gasteiger partial charge in [-0.1, -0.05) is 0 Å². The zero-order chi connectivity index (χ0) is 19.9. The van der Waals surface area contributed by atoms with Crippen LogP contribution in [0.15, 0.2) is 12.3 Å². The van der Waals surface area contributed by atoms with Crippen molar-refractivity contribution in [2.75, 3.05) is 4.90 Å². The predicted molar refractivity (Wildman–Crippen MR) is 80.9 cm³/mol. The van der Waals surface area contributed by atoms with Crippen LogP contribution in [0.3, 0.4) is 0 Å². The number of nitrogens with zero attached hydrogens (tertiary/aromatic N) is 3. The van der Waals surface area contributed by atoms with Gasteiger partial charge in [-0.2, -0.15) is 18.4 Å². The Morgan fingerprint density at radius 3 is 2.48 bits per heavy atom. The Hall–Kier alpha value is -2.80. The number of amides is 2. The summed E-state index contributed by atoms with van der Waals surface area (Å²) < 4.78 is 45.3. The van der Waals surface area contributed by atoms with Crippen molar-refractivity contribution in [3.8, 4) is 6.07 Å². The molecule has 3 fully saturated rings. The van der Waals surface area contributed by atoms with Gasteiger partial charge in [0.05, 0.1) is 34.9 Å². The van der Waals surface area contributed by atoms with Crippen LogP contribution in [0.25, 0.3) is 0 Å². The Balaban J connectivity index is 1.82. The van der Waals surface area contributed by atoms with E-state index in [9.17, 15) is 27.6 Å². The van der Waals surface area contributed by atoms with Crippen LogP contribution in [0, 0.1) is 23.2 Å². The van der Waals surface area contributed by atoms with Crippen molar-refractivity contribution in [1.29, 1.82) is 5.26 Å². The highest BCUT2D eigenvalue weighted by molar-refractivity contribution is 6.25. The number of ketones is 1. The van der Waals surface area contributed by atoms with Crippen molar-refractivity contribution in [3.63, 3.8) is 0 Å². The lowest BCUT2D eigenvalue weighted by Crippen LogP contribution is -2.46. The first-order valence-corrected chi connectivity index (χ1v) is 8.02. The number of imide groups is 1. The Labute approximate surface area is 150 Å². The first-order valence-electron chi connectivity index (χ1n) is 8.02. The molecule has 2 amide bonds. The van der Waals surface area contributed by atoms with Gasteiger partial charge in [0.25, 0.3) is 0 Å². The number of nitriles is 1. The molecule has 1 aromatic heterocycles. The van der Waals surface area contributed by atoms with Gasteiger partial charge in [0.15, 0.2) is 11.5 Å². The minimum Gasteiger partial charge on any atom is -0.359 e. The van der Waals surface area contributed by atoms with Gasteiger partial charge in [0.1, 0.15) is 11.7 Å². The molecule has 10 heteroatoms. The lowest BCUT2D eigenvalue weighted by molar-refractivity contribution is -0.140. The number of anilines is 1. The normalized spacial score (nSPS) is 35.0. The first kappa shape index (κ1) is 17.6. The third-order valence-corrected chi connectivity index (χ3v) is 5.61. The summed E-state index contributed by atoms with van der Waals surface area (Å²) in [6.45, 7) is 2.98. The number of rotatable bonds is 1. The van der Waals surface area contributed by atoms with Gasteiger partial charge in [-0.3, -0.25) is 14.4 Å². The topological polar surface area (TPSA) is 100 Å². The third kappa shape index (κ3) is 2.06. The van der Waals surface area contributed by atoms with Crippen LogP contribution in [0.1, 0.15) is 31.5 Å². The number of carbonyl (C=O) groups excluding carboxylic acids is 3. The summed E-state index contributed by atoms with van der Waals surface area (Å²) in [6.07, 6.45) is -4.05. The second-order valence-corrected chi connectivity index (χ2v) is 7.29. The van der Waals surface area contributed by atoms with Crippen molar-refractivity contribution in [2.45, 2.75) is 37.6 Å². The summed E-state index contributed by atoms with van der Waals surface area (Å²) in [5, 5.41) is 8.83. The number of pyridine rings is 1. The Morgan fingerprint density at radius 1 is 1.26 bits per heavy atom. The molecule has 3 aliphatic rings. The summed E-state index contributed by atoms with van der Waals surface area (Å²) in [5.41, 5.74) is -5.24. The summed E-state index contributed by atoms with van der Waals surface area (Å²) in [6, 6.07) is 1.89. The maximum Gasteiger partial charge on any atom is 0.419 e. The van der Waals surface area contributed by atoms with Crippen molar-refractivity contribution in [1.82, 2.24) is 4.98 Å². The van der Waals surface area contributed by atoms with Crippen molar-refractivity contribution >= 4 is 23.3 Å². The molecule has 1 aromatic rings. The monoisotopic (exact) mass is 379 g/mol. The van der Waals surface area contributed by atoms with Crippen LogP contribution in [0.2, 0.25) is 0 Å². The van der Waals surface area contributed by atoms with Gasteiger partial charge in [-0.05, 0) is 19.9 Å². The molecule has 0 aliphatic carbocycles. The van der Waals surface area contributed by atoms with Crippen LogP contribution in [0.4, 0.5) is 18.9 Å². The standard InChI is InChI=1S/C17H12F3N3O4/c1-15-4-10(24)16(2,27-15)12-11(15)13(25)23(14(12)26)7-3-8(17(18,19)20)9(5-21)22-6-7/h3,6,11-12H,4H2,1-2H3/t11-,12+,15+,16-/m1/s1. The van der Waals surface area contributed by atoms with Crippen LogP contribution in [-0.2, 0) is 25.3 Å². The summed E-state index contributed by atoms with van der Waals surface area (Å²) in [7, 11) is 0. The number of hydrogen-bond acceptors (Lipinski definition) is 6. The van der Waals surface area contributed by atoms with E-state index in [0.29, 0.717) is 11.0 Å². The van der Waals surface area contributed by atoms with Gasteiger partial charge < -0.3 is 4.74 Å². The Morgan fingerprint density at radius 2 is 1.89 bits per heavy atom. The average molecular weight is 379 g/mol. The number of Topliss-reactive ketones (excluding diaryl/α,β-unsaturated/α-hetero) is 1. The lowest BCUT2D eigenvalue weighted by Gasteiger charge is -2.26. The SMILES string of the molecule is C[C@@]12CC(=O)[C@@](C)(O1)[C@@H]1C(=O)N(c3cnc(C#N)c(C(F)(F)F)c3)C(=O)[C@@H]12. The molecule has 0 radical (unpaired) electrons. The first-order chi connectivity index (χ1) is 12.4. The molecule has 4 rings (SSSR count). The summed E-state index contributed by atoms with van der Waals surface area (Å²) >= 11 is 0. The fraction of sp³-hybridized carbons (Fsp3) is 0.471. The molecule has 140 valence electrons. The largest absolute Gasteiger partial charge is 0.419 e. The molecule has 3 aliphatic heterocycles. The van der Waals surface area contributed by atoms with Gasteiger partial charge in [-0.25, -0.2) is 9.88 Å². The fourth-order valence-electron chi connectivity index (χ4n) is 4.46. The second kappa shape index (κ2) is 4.92. The molecule has 0 N–H and O–H groups in total. The predicted octanol–water partition coefficient (Wildman–Crippen LogP) is 1.60. The molecule has 0 spiro atoms. The molecule has 7 nitrogen and oxygen atoms in total. The maximum absolute atomic E-state index is 13.2. The van der Waals surface area contributed by atoms with E-state index in [1.165, 1.54) is 13.0 Å². The molecule has 0 unspecified atom stereocenters. The minimum atomic E-state index is -4.88. The Bertz CT molecular complexity index is 969. The van der Waals surface area contributed by atoms with E-state index in [-0.39, 0.29) is 17.9 Å². The van der Waals surface area contributed by atoms with Crippen LogP contribution >= 0.6 is 0 Å². The quantitative estimate of drug-likeness (QED) is 0.687. The molecule has 2 bridgehead atoms. The summed E-state index contributed by atoms with van der Waals surface area (Å²) in [5.74, 6) is -3.91. The third-order valence-electron chi connectivity index (χ3n) is 5.61. The summed E-state index contributed by atoms with van der Waals surface area (Å²) in [4.78, 5) is 42.1. The van der Waals surface area contributed by atoms with E-state index in [4.69, 9.17) is 10.00 Å². The zero-order valence-corrected chi connectivity index (χ0v) is 14.1.